The third kappa shape index (κ3) is 11.0. The molecule has 4 rings (SSSR count). The van der Waals surface area contributed by atoms with Crippen molar-refractivity contribution in [3.63, 3.8) is 0 Å². The molecule has 45 heavy (non-hydrogen) atoms. The molecule has 0 aliphatic rings. The van der Waals surface area contributed by atoms with Crippen LogP contribution >= 0.6 is 0 Å². The Labute approximate surface area is 250 Å². The fourth-order valence-electron chi connectivity index (χ4n) is 3.46. The van der Waals surface area contributed by atoms with Gasteiger partial charge in [0.1, 0.15) is 12.2 Å². The number of amides is 2. The van der Waals surface area contributed by atoms with E-state index in [-0.39, 0.29) is 31.0 Å². The van der Waals surface area contributed by atoms with Crippen LogP contribution in [0.15, 0.2) is 79.1 Å². The van der Waals surface area contributed by atoms with Crippen molar-refractivity contribution in [1.29, 1.82) is 0 Å². The highest BCUT2D eigenvalue weighted by atomic mass is 19.4. The second-order valence-electron chi connectivity index (χ2n) is 8.97. The summed E-state index contributed by atoms with van der Waals surface area (Å²) in [4.78, 5) is 37.9. The van der Waals surface area contributed by atoms with Gasteiger partial charge in [-0.15, -0.1) is 5.10 Å². The van der Waals surface area contributed by atoms with Gasteiger partial charge < -0.3 is 20.5 Å². The smallest absolute Gasteiger partial charge is 0.475 e. The summed E-state index contributed by atoms with van der Waals surface area (Å²) in [6, 6.07) is 18.7. The second kappa shape index (κ2) is 15.4. The molecule has 0 bridgehead atoms. The fourth-order valence-corrected chi connectivity index (χ4v) is 3.46. The molecule has 0 unspecified atom stereocenters. The molecule has 2 aromatic heterocycles. The van der Waals surface area contributed by atoms with Gasteiger partial charge in [0.15, 0.2) is 5.69 Å². The number of carbonyl (C=O) groups excluding carboxylic acids is 2. The van der Waals surface area contributed by atoms with Crippen molar-refractivity contribution in [2.24, 2.45) is 0 Å². The number of carboxylic acids is 1. The number of benzene rings is 2. The van der Waals surface area contributed by atoms with E-state index in [1.807, 2.05) is 41.7 Å². The molecule has 17 heteroatoms. The summed E-state index contributed by atoms with van der Waals surface area (Å²) in [6.07, 6.45) is -6.34. The van der Waals surface area contributed by atoms with Gasteiger partial charge in [-0.05, 0) is 41.5 Å². The van der Waals surface area contributed by atoms with Crippen LogP contribution in [0.5, 0.6) is 0 Å². The molecule has 2 aromatic carbocycles. The third-order valence-electron chi connectivity index (χ3n) is 5.57. The molecular weight excluding hydrogens is 614 g/mol. The van der Waals surface area contributed by atoms with Gasteiger partial charge in [0.2, 0.25) is 0 Å². The molecule has 0 fully saturated rings. The maximum Gasteiger partial charge on any atom is 0.490 e. The SMILES string of the molecule is O=C(NCC(F)(F)F)c1ccc(-n2nnc(C(=O)NCc3cccnc3)c2COCc2ccccc2)cc1.O=C(O)C(F)(F)F. The van der Waals surface area contributed by atoms with Crippen molar-refractivity contribution in [1.82, 2.24) is 30.6 Å². The van der Waals surface area contributed by atoms with E-state index in [2.05, 4.69) is 20.6 Å². The van der Waals surface area contributed by atoms with Gasteiger partial charge in [-0.3, -0.25) is 14.6 Å². The highest BCUT2D eigenvalue weighted by Crippen LogP contribution is 2.18. The van der Waals surface area contributed by atoms with Crippen LogP contribution in [0, 0.1) is 0 Å². The third-order valence-corrected chi connectivity index (χ3v) is 5.57. The highest BCUT2D eigenvalue weighted by Gasteiger charge is 2.38. The number of aliphatic carboxylic acids is 1. The van der Waals surface area contributed by atoms with Crippen LogP contribution in [0.25, 0.3) is 5.69 Å². The number of carbonyl (C=O) groups is 3. The van der Waals surface area contributed by atoms with E-state index in [9.17, 15) is 35.9 Å². The molecule has 2 amide bonds. The Hall–Kier alpha value is -5.32. The predicted molar refractivity (Wildman–Crippen MR) is 144 cm³/mol. The molecule has 0 spiro atoms. The standard InChI is InChI=1S/C26H23F3N6O3.C2HF3O2/c27-26(28,29)17-32-24(36)20-8-10-21(11-9-20)35-22(16-38-15-18-5-2-1-3-6-18)23(33-34-35)25(37)31-14-19-7-4-12-30-13-19;3-2(4,5)1(6)7/h1-13H,14-17H2,(H,31,37)(H,32,36);(H,6,7). The van der Waals surface area contributed by atoms with E-state index < -0.39 is 36.7 Å². The van der Waals surface area contributed by atoms with E-state index in [1.165, 1.54) is 28.9 Å². The highest BCUT2D eigenvalue weighted by molar-refractivity contribution is 5.94. The first-order valence-corrected chi connectivity index (χ1v) is 12.7. The lowest BCUT2D eigenvalue weighted by Gasteiger charge is -2.11. The minimum absolute atomic E-state index is 0.00857. The molecule has 0 aliphatic heterocycles. The molecule has 0 saturated carbocycles. The van der Waals surface area contributed by atoms with Gasteiger partial charge in [-0.25, -0.2) is 9.48 Å². The summed E-state index contributed by atoms with van der Waals surface area (Å²) in [5.41, 5.74) is 2.62. The quantitative estimate of drug-likeness (QED) is 0.219. The number of aromatic nitrogens is 4. The van der Waals surface area contributed by atoms with E-state index in [1.54, 1.807) is 18.5 Å². The number of pyridine rings is 1. The number of hydrogen-bond acceptors (Lipinski definition) is 7. The Morgan fingerprint density at radius 2 is 1.47 bits per heavy atom. The van der Waals surface area contributed by atoms with Crippen LogP contribution in [0.3, 0.4) is 0 Å². The first-order chi connectivity index (χ1) is 21.2. The van der Waals surface area contributed by atoms with Crippen LogP contribution in [-0.2, 0) is 29.3 Å². The van der Waals surface area contributed by atoms with Gasteiger partial charge >= 0.3 is 18.3 Å². The number of alkyl halides is 6. The molecule has 0 aliphatic carbocycles. The largest absolute Gasteiger partial charge is 0.490 e. The van der Waals surface area contributed by atoms with E-state index in [4.69, 9.17) is 14.6 Å². The molecule has 0 radical (unpaired) electrons. The summed E-state index contributed by atoms with van der Waals surface area (Å²) in [5, 5.41) is 19.9. The lowest BCUT2D eigenvalue weighted by atomic mass is 10.2. The van der Waals surface area contributed by atoms with Crippen molar-refractivity contribution in [3.8, 4) is 5.69 Å². The van der Waals surface area contributed by atoms with E-state index in [0.29, 0.717) is 11.4 Å². The van der Waals surface area contributed by atoms with Crippen molar-refractivity contribution >= 4 is 17.8 Å². The summed E-state index contributed by atoms with van der Waals surface area (Å²) >= 11 is 0. The summed E-state index contributed by atoms with van der Waals surface area (Å²) in [5.74, 6) is -4.09. The van der Waals surface area contributed by atoms with Crippen LogP contribution in [0.2, 0.25) is 0 Å². The molecule has 0 atom stereocenters. The normalized spacial score (nSPS) is 11.2. The van der Waals surface area contributed by atoms with Crippen LogP contribution in [0.1, 0.15) is 37.7 Å². The van der Waals surface area contributed by atoms with E-state index >= 15 is 0 Å². The van der Waals surface area contributed by atoms with Gasteiger partial charge in [-0.2, -0.15) is 26.3 Å². The zero-order valence-electron chi connectivity index (χ0n) is 23.0. The summed E-state index contributed by atoms with van der Waals surface area (Å²) < 4.78 is 76.2. The Balaban J connectivity index is 0.000000707. The minimum atomic E-state index is -5.08. The Bertz CT molecular complexity index is 1560. The Kier molecular flexibility index (Phi) is 11.7. The molecule has 3 N–H and O–H groups in total. The Morgan fingerprint density at radius 1 is 0.822 bits per heavy atom. The predicted octanol–water partition coefficient (Wildman–Crippen LogP) is 4.23. The Morgan fingerprint density at radius 3 is 2.04 bits per heavy atom. The number of halogens is 6. The number of hydrogen-bond donors (Lipinski definition) is 3. The number of ether oxygens (including phenoxy) is 1. The fraction of sp³-hybridized carbons (Fsp3) is 0.214. The zero-order chi connectivity index (χ0) is 33.0. The van der Waals surface area contributed by atoms with Crippen LogP contribution in [-0.4, -0.2) is 61.8 Å². The second-order valence-corrected chi connectivity index (χ2v) is 8.97. The molecule has 4 aromatic rings. The number of carboxylic acid groups (broad SMARTS) is 1. The molecule has 238 valence electrons. The number of nitrogens with zero attached hydrogens (tertiary/aromatic N) is 4. The topological polar surface area (TPSA) is 148 Å². The molecular formula is C28H24F6N6O5. The maximum absolute atomic E-state index is 13.0. The van der Waals surface area contributed by atoms with Crippen LogP contribution in [0.4, 0.5) is 26.3 Å². The van der Waals surface area contributed by atoms with Gasteiger partial charge in [-0.1, -0.05) is 41.6 Å². The number of rotatable bonds is 10. The monoisotopic (exact) mass is 638 g/mol. The summed E-state index contributed by atoms with van der Waals surface area (Å²) in [6.45, 7) is -0.935. The lowest BCUT2D eigenvalue weighted by Crippen LogP contribution is -2.33. The number of nitrogens with one attached hydrogen (secondary N) is 2. The first-order valence-electron chi connectivity index (χ1n) is 12.7. The van der Waals surface area contributed by atoms with Crippen LogP contribution < -0.4 is 10.6 Å². The maximum atomic E-state index is 13.0. The molecule has 11 nitrogen and oxygen atoms in total. The van der Waals surface area contributed by atoms with Gasteiger partial charge in [0.05, 0.1) is 18.9 Å². The molecule has 0 saturated heterocycles. The van der Waals surface area contributed by atoms with Crippen molar-refractivity contribution in [2.45, 2.75) is 32.1 Å². The van der Waals surface area contributed by atoms with E-state index in [0.717, 1.165) is 11.1 Å². The summed E-state index contributed by atoms with van der Waals surface area (Å²) in [7, 11) is 0. The zero-order valence-corrected chi connectivity index (χ0v) is 23.0. The average molecular weight is 639 g/mol. The van der Waals surface area contributed by atoms with Crippen molar-refractivity contribution < 1.29 is 50.6 Å². The van der Waals surface area contributed by atoms with Crippen molar-refractivity contribution in [3.05, 3.63) is 107 Å². The van der Waals surface area contributed by atoms with Gasteiger partial charge in [0.25, 0.3) is 11.8 Å². The average Bonchev–Trinajstić information content (AvgIpc) is 3.43. The minimum Gasteiger partial charge on any atom is -0.475 e. The first kappa shape index (κ1) is 34.2. The van der Waals surface area contributed by atoms with Gasteiger partial charge in [0, 0.05) is 24.5 Å². The van der Waals surface area contributed by atoms with Crippen molar-refractivity contribution in [2.75, 3.05) is 6.54 Å². The lowest BCUT2D eigenvalue weighted by molar-refractivity contribution is -0.192. The molecule has 2 heterocycles.